The third-order valence-corrected chi connectivity index (χ3v) is 3.82. The topological polar surface area (TPSA) is 24.1 Å². The number of fused-ring (bicyclic) bond motifs is 1. The van der Waals surface area contributed by atoms with Crippen molar-refractivity contribution >= 4 is 0 Å². The van der Waals surface area contributed by atoms with Gasteiger partial charge in [0.05, 0.1) is 0 Å². The Morgan fingerprint density at radius 1 is 1.36 bits per heavy atom. The molecule has 0 radical (unpaired) electrons. The fourth-order valence-corrected chi connectivity index (χ4v) is 2.71. The van der Waals surface area contributed by atoms with E-state index < -0.39 is 0 Å². The maximum Gasteiger partial charge on any atom is 0.0214 e. The Labute approximate surface area is 87.1 Å². The van der Waals surface area contributed by atoms with Gasteiger partial charge in [-0.05, 0) is 36.7 Å². The van der Waals surface area contributed by atoms with E-state index in [4.69, 9.17) is 0 Å². The molecule has 2 aliphatic rings. The Kier molecular flexibility index (Phi) is 3.46. The lowest BCUT2D eigenvalue weighted by Gasteiger charge is -2.30. The van der Waals surface area contributed by atoms with Crippen LogP contribution in [0.5, 0.6) is 0 Å². The summed E-state index contributed by atoms with van der Waals surface area (Å²) in [6.07, 6.45) is 10.5. The summed E-state index contributed by atoms with van der Waals surface area (Å²) in [7, 11) is 0. The summed E-state index contributed by atoms with van der Waals surface area (Å²) in [4.78, 5) is 0. The molecular formula is C12H22N2. The number of nitrogens with one attached hydrogen (secondary N) is 2. The van der Waals surface area contributed by atoms with Crippen LogP contribution in [0.3, 0.4) is 0 Å². The molecule has 1 fully saturated rings. The first-order chi connectivity index (χ1) is 6.90. The zero-order chi connectivity index (χ0) is 9.80. The maximum absolute atomic E-state index is 3.23. The summed E-state index contributed by atoms with van der Waals surface area (Å²) in [5, 5.41) is 0. The van der Waals surface area contributed by atoms with Crippen molar-refractivity contribution in [2.24, 2.45) is 11.8 Å². The number of hydrazine groups is 1. The monoisotopic (exact) mass is 194 g/mol. The van der Waals surface area contributed by atoms with Crippen molar-refractivity contribution in [3.05, 3.63) is 11.8 Å². The van der Waals surface area contributed by atoms with E-state index in [0.29, 0.717) is 0 Å². The standard InChI is InChI=1S/C12H22N2/c1-2-10-4-3-5-11-8-13-14-9-12(11)7-6-10/h9-11,13-14H,2-8H2,1H3. The fourth-order valence-electron chi connectivity index (χ4n) is 2.71. The zero-order valence-corrected chi connectivity index (χ0v) is 9.18. The molecule has 14 heavy (non-hydrogen) atoms. The summed E-state index contributed by atoms with van der Waals surface area (Å²) >= 11 is 0. The molecule has 2 unspecified atom stereocenters. The Morgan fingerprint density at radius 3 is 3.14 bits per heavy atom. The van der Waals surface area contributed by atoms with Crippen molar-refractivity contribution in [3.63, 3.8) is 0 Å². The van der Waals surface area contributed by atoms with Gasteiger partial charge in [0, 0.05) is 12.7 Å². The van der Waals surface area contributed by atoms with Gasteiger partial charge in [-0.1, -0.05) is 26.2 Å². The zero-order valence-electron chi connectivity index (χ0n) is 9.18. The highest BCUT2D eigenvalue weighted by atomic mass is 15.3. The van der Waals surface area contributed by atoms with Gasteiger partial charge in [-0.3, -0.25) is 0 Å². The van der Waals surface area contributed by atoms with Crippen molar-refractivity contribution < 1.29 is 0 Å². The van der Waals surface area contributed by atoms with Crippen LogP contribution in [0.15, 0.2) is 11.8 Å². The summed E-state index contributed by atoms with van der Waals surface area (Å²) in [6, 6.07) is 0. The lowest BCUT2D eigenvalue weighted by Crippen LogP contribution is -2.38. The van der Waals surface area contributed by atoms with Crippen molar-refractivity contribution in [2.45, 2.75) is 45.4 Å². The minimum Gasteiger partial charge on any atom is -0.329 e. The van der Waals surface area contributed by atoms with E-state index in [-0.39, 0.29) is 0 Å². The SMILES string of the molecule is CCC1CCCC2CNNC=C2CC1. The predicted molar refractivity (Wildman–Crippen MR) is 59.6 cm³/mol. The maximum atomic E-state index is 3.23. The molecule has 80 valence electrons. The normalized spacial score (nSPS) is 33.4. The Morgan fingerprint density at radius 2 is 2.29 bits per heavy atom. The molecular weight excluding hydrogens is 172 g/mol. The molecule has 1 heterocycles. The summed E-state index contributed by atoms with van der Waals surface area (Å²) in [6.45, 7) is 3.46. The molecule has 1 aliphatic carbocycles. The quantitative estimate of drug-likeness (QED) is 0.670. The molecule has 0 aromatic heterocycles. The lowest BCUT2D eigenvalue weighted by atomic mass is 9.81. The third-order valence-electron chi connectivity index (χ3n) is 3.82. The lowest BCUT2D eigenvalue weighted by molar-refractivity contribution is 0.338. The van der Waals surface area contributed by atoms with Gasteiger partial charge >= 0.3 is 0 Å². The van der Waals surface area contributed by atoms with Crippen LogP contribution in [0.1, 0.15) is 45.4 Å². The van der Waals surface area contributed by atoms with Crippen LogP contribution in [-0.2, 0) is 0 Å². The van der Waals surface area contributed by atoms with Crippen molar-refractivity contribution in [3.8, 4) is 0 Å². The van der Waals surface area contributed by atoms with Crippen molar-refractivity contribution in [1.82, 2.24) is 10.9 Å². The Bertz CT molecular complexity index is 210. The Balaban J connectivity index is 1.96. The minimum absolute atomic E-state index is 0.814. The first kappa shape index (κ1) is 10.0. The average molecular weight is 194 g/mol. The van der Waals surface area contributed by atoms with E-state index in [1.54, 1.807) is 5.57 Å². The van der Waals surface area contributed by atoms with Gasteiger partial charge in [-0.15, -0.1) is 0 Å². The first-order valence-corrected chi connectivity index (χ1v) is 6.07. The third kappa shape index (κ3) is 2.30. The molecule has 2 N–H and O–H groups in total. The van der Waals surface area contributed by atoms with E-state index in [1.807, 2.05) is 0 Å². The summed E-state index contributed by atoms with van der Waals surface area (Å²) in [5.74, 6) is 1.79. The molecule has 0 spiro atoms. The second kappa shape index (κ2) is 4.83. The highest BCUT2D eigenvalue weighted by Gasteiger charge is 2.21. The molecule has 2 rings (SSSR count). The molecule has 0 aromatic rings. The van der Waals surface area contributed by atoms with Gasteiger partial charge in [0.15, 0.2) is 0 Å². The van der Waals surface area contributed by atoms with Gasteiger partial charge < -0.3 is 5.43 Å². The van der Waals surface area contributed by atoms with Crippen LogP contribution in [0.25, 0.3) is 0 Å². The Hall–Kier alpha value is -0.500. The number of hydrogen-bond donors (Lipinski definition) is 2. The highest BCUT2D eigenvalue weighted by Crippen LogP contribution is 2.31. The molecule has 2 heteroatoms. The summed E-state index contributed by atoms with van der Waals surface area (Å²) in [5.41, 5.74) is 8.04. The second-order valence-corrected chi connectivity index (χ2v) is 4.69. The van der Waals surface area contributed by atoms with Gasteiger partial charge in [-0.2, -0.15) is 0 Å². The van der Waals surface area contributed by atoms with Gasteiger partial charge in [0.2, 0.25) is 0 Å². The van der Waals surface area contributed by atoms with Crippen molar-refractivity contribution in [2.75, 3.05) is 6.54 Å². The predicted octanol–water partition coefficient (Wildman–Crippen LogP) is 2.58. The van der Waals surface area contributed by atoms with Gasteiger partial charge in [0.1, 0.15) is 0 Å². The molecule has 2 nitrogen and oxygen atoms in total. The van der Waals surface area contributed by atoms with E-state index >= 15 is 0 Å². The van der Waals surface area contributed by atoms with Gasteiger partial charge in [-0.25, -0.2) is 5.43 Å². The number of hydrogen-bond acceptors (Lipinski definition) is 2. The minimum atomic E-state index is 0.814. The van der Waals surface area contributed by atoms with Crippen LogP contribution in [0, 0.1) is 11.8 Å². The van der Waals surface area contributed by atoms with Crippen LogP contribution < -0.4 is 10.9 Å². The number of rotatable bonds is 1. The average Bonchev–Trinajstić information content (AvgIpc) is 2.19. The van der Waals surface area contributed by atoms with E-state index in [0.717, 1.165) is 18.4 Å². The van der Waals surface area contributed by atoms with E-state index in [2.05, 4.69) is 24.0 Å². The second-order valence-electron chi connectivity index (χ2n) is 4.69. The molecule has 1 saturated carbocycles. The fraction of sp³-hybridized carbons (Fsp3) is 0.833. The van der Waals surface area contributed by atoms with E-state index in [1.165, 1.54) is 38.5 Å². The van der Waals surface area contributed by atoms with Crippen LogP contribution >= 0.6 is 0 Å². The molecule has 0 saturated heterocycles. The molecule has 2 atom stereocenters. The smallest absolute Gasteiger partial charge is 0.0214 e. The van der Waals surface area contributed by atoms with Crippen LogP contribution in [-0.4, -0.2) is 6.54 Å². The molecule has 0 aromatic carbocycles. The van der Waals surface area contributed by atoms with Crippen LogP contribution in [0.2, 0.25) is 0 Å². The molecule has 0 amide bonds. The van der Waals surface area contributed by atoms with Gasteiger partial charge in [0.25, 0.3) is 0 Å². The van der Waals surface area contributed by atoms with Crippen LogP contribution in [0.4, 0.5) is 0 Å². The largest absolute Gasteiger partial charge is 0.329 e. The first-order valence-electron chi connectivity index (χ1n) is 6.07. The highest BCUT2D eigenvalue weighted by molar-refractivity contribution is 5.09. The summed E-state index contributed by atoms with van der Waals surface area (Å²) < 4.78 is 0. The van der Waals surface area contributed by atoms with E-state index in [9.17, 15) is 0 Å². The molecule has 0 bridgehead atoms. The van der Waals surface area contributed by atoms with Crippen molar-refractivity contribution in [1.29, 1.82) is 0 Å². The molecule has 1 aliphatic heterocycles.